The summed E-state index contributed by atoms with van der Waals surface area (Å²) in [5, 5.41) is 7.96. The number of nitrogens with zero attached hydrogens (tertiary/aromatic N) is 1. The van der Waals surface area contributed by atoms with Crippen molar-refractivity contribution < 1.29 is 30.1 Å². The molecule has 206 valence electrons. The van der Waals surface area contributed by atoms with Gasteiger partial charge in [-0.25, -0.2) is 9.69 Å². The van der Waals surface area contributed by atoms with Crippen LogP contribution < -0.4 is 26.6 Å². The number of benzene rings is 1. The normalized spacial score (nSPS) is 15.6. The lowest BCUT2D eigenvalue weighted by Crippen LogP contribution is -2.46. The van der Waals surface area contributed by atoms with Gasteiger partial charge in [0.25, 0.3) is 11.8 Å². The average Bonchev–Trinajstić information content (AvgIpc) is 3.21. The van der Waals surface area contributed by atoms with Gasteiger partial charge in [-0.05, 0) is 50.3 Å². The number of anilines is 1. The van der Waals surface area contributed by atoms with Crippen LogP contribution in [-0.4, -0.2) is 54.1 Å². The molecule has 1 aliphatic rings. The Balaban J connectivity index is 2.02. The number of nitrogens with two attached hydrogens (primary N) is 1. The first-order chi connectivity index (χ1) is 18.4. The molecule has 0 saturated carbocycles. The topological polar surface area (TPSA) is 168 Å². The number of primary amides is 1. The highest BCUT2D eigenvalue weighted by Crippen LogP contribution is 2.20. The van der Waals surface area contributed by atoms with E-state index in [4.69, 9.17) is 7.10 Å². The molecule has 1 aliphatic heterocycles. The van der Waals surface area contributed by atoms with Gasteiger partial charge in [-0.1, -0.05) is 26.0 Å². The number of Topliss-reactive ketones (excluding diaryl/α,β-unsaturated/α-hetero) is 1. The summed E-state index contributed by atoms with van der Waals surface area (Å²) >= 11 is 0. The first kappa shape index (κ1) is 28.5. The summed E-state index contributed by atoms with van der Waals surface area (Å²) in [5.74, 6) is -2.86. The largest absolute Gasteiger partial charge is 0.354 e. The molecule has 11 nitrogen and oxygen atoms in total. The quantitative estimate of drug-likeness (QED) is 0.210. The first-order valence-electron chi connectivity index (χ1n) is 13.2. The summed E-state index contributed by atoms with van der Waals surface area (Å²) in [4.78, 5) is 74.5. The molecule has 3 atom stereocenters. The van der Waals surface area contributed by atoms with Crippen LogP contribution >= 0.6 is 0 Å². The Morgan fingerprint density at radius 3 is 2.18 bits per heavy atom. The van der Waals surface area contributed by atoms with Crippen molar-refractivity contribution in [3.8, 4) is 0 Å². The van der Waals surface area contributed by atoms with Crippen molar-refractivity contribution in [1.29, 1.82) is 0 Å². The SMILES string of the molecule is [2H]C[C@@H](C)NC(=O)C(CCCNC(N)=O)CC(=O)[C@@H](NC(=O)Cc1ccc(N2C(=O)C=CC2=O)cc1)C(C)C. The van der Waals surface area contributed by atoms with Gasteiger partial charge in [-0.15, -0.1) is 0 Å². The number of hydrogen-bond donors (Lipinski definition) is 4. The van der Waals surface area contributed by atoms with E-state index in [0.717, 1.165) is 4.90 Å². The Morgan fingerprint density at radius 1 is 1.00 bits per heavy atom. The van der Waals surface area contributed by atoms with E-state index in [9.17, 15) is 28.8 Å². The maximum atomic E-state index is 13.2. The van der Waals surface area contributed by atoms with E-state index in [1.54, 1.807) is 45.0 Å². The maximum absolute atomic E-state index is 13.2. The van der Waals surface area contributed by atoms with Crippen molar-refractivity contribution in [3.05, 3.63) is 42.0 Å². The Labute approximate surface area is 224 Å². The highest BCUT2D eigenvalue weighted by atomic mass is 16.2. The predicted molar refractivity (Wildman–Crippen MR) is 142 cm³/mol. The minimum atomic E-state index is -0.824. The van der Waals surface area contributed by atoms with Crippen molar-refractivity contribution in [2.24, 2.45) is 17.6 Å². The monoisotopic (exact) mass is 528 g/mol. The molecule has 1 aromatic rings. The van der Waals surface area contributed by atoms with Crippen molar-refractivity contribution in [1.82, 2.24) is 16.0 Å². The van der Waals surface area contributed by atoms with E-state index < -0.39 is 29.8 Å². The number of amides is 6. The predicted octanol–water partition coefficient (Wildman–Crippen LogP) is 1.35. The zero-order chi connectivity index (χ0) is 29.1. The van der Waals surface area contributed by atoms with E-state index >= 15 is 0 Å². The molecular formula is C27H37N5O6. The van der Waals surface area contributed by atoms with Crippen LogP contribution in [0.25, 0.3) is 0 Å². The lowest BCUT2D eigenvalue weighted by atomic mass is 9.89. The van der Waals surface area contributed by atoms with Gasteiger partial charge in [0.15, 0.2) is 5.78 Å². The third-order valence-corrected chi connectivity index (χ3v) is 5.93. The number of imide groups is 1. The molecule has 0 saturated heterocycles. The molecule has 11 heteroatoms. The third-order valence-electron chi connectivity index (χ3n) is 5.93. The lowest BCUT2D eigenvalue weighted by Gasteiger charge is -2.24. The van der Waals surface area contributed by atoms with Crippen LogP contribution in [0.3, 0.4) is 0 Å². The summed E-state index contributed by atoms with van der Waals surface area (Å²) in [7, 11) is 0. The standard InChI is InChI=1S/C27H37N5O6/c1-16(2)25(21(33)15-19(26(37)30-17(3)4)6-5-13-29-27(28)38)31-22(34)14-18-7-9-20(10-8-18)32-23(35)11-12-24(32)36/h7-12,16-17,19,25H,5-6,13-15H2,1-4H3,(H,30,37)(H,31,34)(H3,28,29,38)/t19?,25-/m0/s1/i3D/t17-,19?,25-. The fraction of sp³-hybridized carbons (Fsp3) is 0.481. The summed E-state index contributed by atoms with van der Waals surface area (Å²) < 4.78 is 7.44. The number of carbonyl (C=O) groups is 6. The summed E-state index contributed by atoms with van der Waals surface area (Å²) in [6.07, 6.45) is 2.97. The van der Waals surface area contributed by atoms with Gasteiger partial charge in [0, 0.05) is 38.4 Å². The molecule has 38 heavy (non-hydrogen) atoms. The zero-order valence-electron chi connectivity index (χ0n) is 23.0. The van der Waals surface area contributed by atoms with Gasteiger partial charge in [-0.3, -0.25) is 24.0 Å². The molecule has 5 N–H and O–H groups in total. The van der Waals surface area contributed by atoms with Crippen molar-refractivity contribution in [2.45, 2.75) is 65.4 Å². The summed E-state index contributed by atoms with van der Waals surface area (Å²) in [6, 6.07) is 4.53. The number of carbonyl (C=O) groups excluding carboxylic acids is 6. The first-order valence-corrected chi connectivity index (χ1v) is 12.5. The number of urea groups is 1. The van der Waals surface area contributed by atoms with E-state index in [1.165, 1.54) is 12.2 Å². The van der Waals surface area contributed by atoms with Gasteiger partial charge in [0.05, 0.1) is 18.2 Å². The van der Waals surface area contributed by atoms with Crippen molar-refractivity contribution in [3.63, 3.8) is 0 Å². The van der Waals surface area contributed by atoms with Crippen LogP contribution in [0.15, 0.2) is 36.4 Å². The number of hydrogen-bond acceptors (Lipinski definition) is 6. The maximum Gasteiger partial charge on any atom is 0.312 e. The number of ketones is 1. The van der Waals surface area contributed by atoms with Crippen molar-refractivity contribution in [2.75, 3.05) is 11.4 Å². The van der Waals surface area contributed by atoms with E-state index in [0.29, 0.717) is 24.1 Å². The molecule has 1 heterocycles. The third kappa shape index (κ3) is 9.13. The molecule has 0 aliphatic carbocycles. The summed E-state index contributed by atoms with van der Waals surface area (Å²) in [5.41, 5.74) is 6.10. The molecule has 1 unspecified atom stereocenters. The molecule has 0 bridgehead atoms. The highest BCUT2D eigenvalue weighted by Gasteiger charge is 2.30. The second kappa shape index (κ2) is 14.1. The van der Waals surface area contributed by atoms with E-state index in [-0.39, 0.29) is 55.8 Å². The molecule has 0 aromatic heterocycles. The Hall–Kier alpha value is -4.02. The molecule has 6 amide bonds. The van der Waals surface area contributed by atoms with Crippen molar-refractivity contribution >= 4 is 41.1 Å². The van der Waals surface area contributed by atoms with Crippen LogP contribution in [0.4, 0.5) is 10.5 Å². The van der Waals surface area contributed by atoms with Crippen LogP contribution in [0, 0.1) is 11.8 Å². The minimum Gasteiger partial charge on any atom is -0.354 e. The van der Waals surface area contributed by atoms with Gasteiger partial charge in [0.2, 0.25) is 11.8 Å². The van der Waals surface area contributed by atoms with Gasteiger partial charge in [-0.2, -0.15) is 0 Å². The number of rotatable bonds is 14. The van der Waals surface area contributed by atoms with Gasteiger partial charge >= 0.3 is 6.03 Å². The van der Waals surface area contributed by atoms with Crippen LogP contribution in [-0.2, 0) is 30.4 Å². The summed E-state index contributed by atoms with van der Waals surface area (Å²) in [6.45, 7) is 5.53. The molecule has 0 radical (unpaired) electrons. The minimum absolute atomic E-state index is 0.0111. The number of nitrogens with one attached hydrogen (secondary N) is 3. The van der Waals surface area contributed by atoms with E-state index in [2.05, 4.69) is 16.0 Å². The zero-order valence-corrected chi connectivity index (χ0v) is 22.0. The highest BCUT2D eigenvalue weighted by molar-refractivity contribution is 6.28. The van der Waals surface area contributed by atoms with Crippen LogP contribution in [0.1, 0.15) is 53.9 Å². The molecule has 0 fully saturated rings. The lowest BCUT2D eigenvalue weighted by molar-refractivity contribution is -0.132. The van der Waals surface area contributed by atoms with E-state index in [1.807, 2.05) is 0 Å². The molecule has 0 spiro atoms. The fourth-order valence-corrected chi connectivity index (χ4v) is 4.06. The molecular weight excluding hydrogens is 490 g/mol. The van der Waals surface area contributed by atoms with Crippen LogP contribution in [0.5, 0.6) is 0 Å². The Bertz CT molecular complexity index is 1090. The second-order valence-corrected chi connectivity index (χ2v) is 9.69. The smallest absolute Gasteiger partial charge is 0.312 e. The molecule has 2 rings (SSSR count). The Kier molecular flexibility index (Phi) is 10.6. The molecule has 1 aromatic carbocycles. The average molecular weight is 529 g/mol. The second-order valence-electron chi connectivity index (χ2n) is 9.69. The van der Waals surface area contributed by atoms with Gasteiger partial charge in [0.1, 0.15) is 0 Å². The van der Waals surface area contributed by atoms with Gasteiger partial charge < -0.3 is 21.7 Å². The van der Waals surface area contributed by atoms with Crippen LogP contribution in [0.2, 0.25) is 0 Å². The Morgan fingerprint density at radius 2 is 1.63 bits per heavy atom. The fourth-order valence-electron chi connectivity index (χ4n) is 4.06.